The van der Waals surface area contributed by atoms with Crippen molar-refractivity contribution in [3.63, 3.8) is 0 Å². The Morgan fingerprint density at radius 3 is 1.78 bits per heavy atom. The third-order valence-electron chi connectivity index (χ3n) is 4.07. The van der Waals surface area contributed by atoms with Gasteiger partial charge in [-0.2, -0.15) is 0 Å². The van der Waals surface area contributed by atoms with Crippen LogP contribution in [0.15, 0.2) is 18.2 Å². The first kappa shape index (κ1) is 25.9. The van der Waals surface area contributed by atoms with Crippen LogP contribution in [0.2, 0.25) is 0 Å². The van der Waals surface area contributed by atoms with Crippen molar-refractivity contribution in [1.29, 1.82) is 0 Å². The monoisotopic (exact) mass is 458 g/mol. The van der Waals surface area contributed by atoms with Crippen molar-refractivity contribution < 1.29 is 49.5 Å². The Balaban J connectivity index is 3.39. The van der Waals surface area contributed by atoms with Crippen LogP contribution in [0, 0.1) is 20.2 Å². The fourth-order valence-corrected chi connectivity index (χ4v) is 2.86. The van der Waals surface area contributed by atoms with Gasteiger partial charge < -0.3 is 20.4 Å². The van der Waals surface area contributed by atoms with Gasteiger partial charge in [0, 0.05) is 19.2 Å². The first-order valence-electron chi connectivity index (χ1n) is 8.60. The molecule has 0 aliphatic carbocycles. The maximum atomic E-state index is 11.9. The van der Waals surface area contributed by atoms with Crippen LogP contribution < -0.4 is 0 Å². The third-order valence-corrected chi connectivity index (χ3v) is 4.07. The number of hydrogen-bond donors (Lipinski definition) is 4. The molecule has 0 bridgehead atoms. The highest BCUT2D eigenvalue weighted by Gasteiger charge is 2.35. The van der Waals surface area contributed by atoms with Crippen LogP contribution in [0.1, 0.15) is 11.6 Å². The number of aliphatic carboxylic acids is 4. The highest BCUT2D eigenvalue weighted by atomic mass is 16.6. The Kier molecular flexibility index (Phi) is 9.11. The van der Waals surface area contributed by atoms with Crippen molar-refractivity contribution in [2.45, 2.75) is 6.04 Å². The van der Waals surface area contributed by atoms with E-state index < -0.39 is 89.4 Å². The predicted octanol–water partition coefficient (Wildman–Crippen LogP) is -0.513. The molecule has 0 spiro atoms. The number of carboxylic acid groups (broad SMARTS) is 4. The van der Waals surface area contributed by atoms with E-state index in [4.69, 9.17) is 15.3 Å². The number of non-ortho nitro benzene ring substituents is 1. The predicted molar refractivity (Wildman–Crippen MR) is 101 cm³/mol. The molecular formula is C16H18N4O12. The largest absolute Gasteiger partial charge is 0.480 e. The molecule has 4 N–H and O–H groups in total. The van der Waals surface area contributed by atoms with E-state index in [0.29, 0.717) is 6.07 Å². The molecule has 0 aromatic heterocycles. The average Bonchev–Trinajstić information content (AvgIpc) is 2.64. The van der Waals surface area contributed by atoms with Crippen molar-refractivity contribution >= 4 is 35.3 Å². The van der Waals surface area contributed by atoms with Gasteiger partial charge >= 0.3 is 23.9 Å². The van der Waals surface area contributed by atoms with Gasteiger partial charge in [-0.05, 0) is 6.07 Å². The van der Waals surface area contributed by atoms with Crippen LogP contribution in [0.3, 0.4) is 0 Å². The number of carbonyl (C=O) groups is 4. The summed E-state index contributed by atoms with van der Waals surface area (Å²) in [6.07, 6.45) is 0. The molecule has 0 aliphatic rings. The molecule has 0 fully saturated rings. The van der Waals surface area contributed by atoms with E-state index in [2.05, 4.69) is 0 Å². The molecule has 32 heavy (non-hydrogen) atoms. The summed E-state index contributed by atoms with van der Waals surface area (Å²) in [5, 5.41) is 58.9. The summed E-state index contributed by atoms with van der Waals surface area (Å²) in [6.45, 7) is -3.36. The van der Waals surface area contributed by atoms with Crippen molar-refractivity contribution in [3.8, 4) is 0 Å². The van der Waals surface area contributed by atoms with E-state index in [0.717, 1.165) is 21.9 Å². The third kappa shape index (κ3) is 7.58. The van der Waals surface area contributed by atoms with Gasteiger partial charge in [0.15, 0.2) is 0 Å². The van der Waals surface area contributed by atoms with Gasteiger partial charge in [-0.1, -0.05) is 0 Å². The molecular weight excluding hydrogens is 440 g/mol. The lowest BCUT2D eigenvalue weighted by Crippen LogP contribution is -2.44. The summed E-state index contributed by atoms with van der Waals surface area (Å²) in [7, 11) is 0. The van der Waals surface area contributed by atoms with E-state index in [1.165, 1.54) is 0 Å². The van der Waals surface area contributed by atoms with Gasteiger partial charge in [0.2, 0.25) is 0 Å². The molecule has 1 aromatic carbocycles. The van der Waals surface area contributed by atoms with Crippen LogP contribution in [0.5, 0.6) is 0 Å². The van der Waals surface area contributed by atoms with Gasteiger partial charge in [0.25, 0.3) is 11.4 Å². The Morgan fingerprint density at radius 2 is 1.38 bits per heavy atom. The molecule has 0 radical (unpaired) electrons. The van der Waals surface area contributed by atoms with Crippen LogP contribution in [-0.4, -0.2) is 96.7 Å². The lowest BCUT2D eigenvalue weighted by molar-refractivity contribution is -0.394. The van der Waals surface area contributed by atoms with Crippen LogP contribution in [-0.2, 0) is 19.2 Å². The quantitative estimate of drug-likeness (QED) is 0.203. The molecule has 1 unspecified atom stereocenters. The van der Waals surface area contributed by atoms with E-state index >= 15 is 0 Å². The van der Waals surface area contributed by atoms with Crippen LogP contribution >= 0.6 is 0 Å². The smallest absolute Gasteiger partial charge is 0.325 e. The SMILES string of the molecule is O=C(O)CN(CCN(CC(=O)O)C(C(=O)O)c1ccc([N+](=O)[O-])cc1[N+](=O)[O-])CC(=O)O. The maximum absolute atomic E-state index is 11.9. The lowest BCUT2D eigenvalue weighted by atomic mass is 10.0. The molecule has 1 atom stereocenters. The molecule has 16 nitrogen and oxygen atoms in total. The van der Waals surface area contributed by atoms with Crippen LogP contribution in [0.25, 0.3) is 0 Å². The second-order valence-electron chi connectivity index (χ2n) is 6.36. The molecule has 0 aliphatic heterocycles. The van der Waals surface area contributed by atoms with Crippen molar-refractivity contribution in [2.24, 2.45) is 0 Å². The molecule has 0 amide bonds. The molecule has 174 valence electrons. The lowest BCUT2D eigenvalue weighted by Gasteiger charge is -2.29. The maximum Gasteiger partial charge on any atom is 0.325 e. The molecule has 0 saturated heterocycles. The highest BCUT2D eigenvalue weighted by molar-refractivity contribution is 5.79. The van der Waals surface area contributed by atoms with Crippen molar-refractivity contribution in [1.82, 2.24) is 9.80 Å². The molecule has 0 heterocycles. The van der Waals surface area contributed by atoms with Crippen molar-refractivity contribution in [2.75, 3.05) is 32.7 Å². The normalized spacial score (nSPS) is 11.8. The molecule has 1 aromatic rings. The minimum absolute atomic E-state index is 0.406. The van der Waals surface area contributed by atoms with E-state index in [1.807, 2.05) is 0 Å². The number of nitro groups is 2. The zero-order valence-electron chi connectivity index (χ0n) is 16.2. The molecule has 0 saturated carbocycles. The minimum atomic E-state index is -1.95. The second kappa shape index (κ2) is 11.3. The Bertz CT molecular complexity index is 918. The van der Waals surface area contributed by atoms with Gasteiger partial charge in [-0.25, -0.2) is 0 Å². The number of nitrogens with zero attached hydrogens (tertiary/aromatic N) is 4. The second-order valence-corrected chi connectivity index (χ2v) is 6.36. The Hall–Kier alpha value is -4.18. The minimum Gasteiger partial charge on any atom is -0.480 e. The van der Waals surface area contributed by atoms with E-state index in [1.54, 1.807) is 0 Å². The van der Waals surface area contributed by atoms with Gasteiger partial charge in [0.05, 0.1) is 41.1 Å². The number of nitro benzene ring substituents is 2. The van der Waals surface area contributed by atoms with Gasteiger partial charge in [0.1, 0.15) is 6.04 Å². The molecule has 1 rings (SSSR count). The zero-order valence-corrected chi connectivity index (χ0v) is 16.2. The first-order chi connectivity index (χ1) is 14.8. The highest BCUT2D eigenvalue weighted by Crippen LogP contribution is 2.32. The summed E-state index contributed by atoms with van der Waals surface area (Å²) in [5.41, 5.74) is -2.17. The zero-order chi connectivity index (χ0) is 24.6. The van der Waals surface area contributed by atoms with Crippen molar-refractivity contribution in [3.05, 3.63) is 44.0 Å². The Morgan fingerprint density at radius 1 is 0.844 bits per heavy atom. The van der Waals surface area contributed by atoms with Gasteiger partial charge in [-0.15, -0.1) is 0 Å². The first-order valence-corrected chi connectivity index (χ1v) is 8.60. The van der Waals surface area contributed by atoms with E-state index in [9.17, 15) is 44.5 Å². The standard InChI is InChI=1S/C16H18N4O12/c21-12(22)6-17(7-13(23)24)3-4-18(8-14(25)26)15(16(27)28)10-2-1-9(19(29)30)5-11(10)20(31)32/h1-2,5,15H,3-4,6-8H2,(H,21,22)(H,23,24)(H,25,26)(H,27,28). The Labute approximate surface area is 178 Å². The fraction of sp³-hybridized carbons (Fsp3) is 0.375. The topological polar surface area (TPSA) is 242 Å². The summed E-state index contributed by atoms with van der Waals surface area (Å²) in [5.74, 6) is -6.02. The summed E-state index contributed by atoms with van der Waals surface area (Å²) in [6, 6.07) is 0.212. The molecule has 16 heteroatoms. The van der Waals surface area contributed by atoms with Gasteiger partial charge in [-0.3, -0.25) is 49.2 Å². The average molecular weight is 458 g/mol. The number of hydrogen-bond acceptors (Lipinski definition) is 10. The van der Waals surface area contributed by atoms with E-state index in [-0.39, 0.29) is 0 Å². The summed E-state index contributed by atoms with van der Waals surface area (Å²) >= 11 is 0. The van der Waals surface area contributed by atoms with Crippen LogP contribution in [0.4, 0.5) is 11.4 Å². The number of carboxylic acids is 4. The fourth-order valence-electron chi connectivity index (χ4n) is 2.86. The number of benzene rings is 1. The number of rotatable bonds is 14. The summed E-state index contributed by atoms with van der Waals surface area (Å²) < 4.78 is 0. The summed E-state index contributed by atoms with van der Waals surface area (Å²) in [4.78, 5) is 67.0.